The van der Waals surface area contributed by atoms with Crippen LogP contribution in [0.2, 0.25) is 0 Å². The Bertz CT molecular complexity index is 372. The molecule has 2 N–H and O–H groups in total. The zero-order chi connectivity index (χ0) is 10.5. The van der Waals surface area contributed by atoms with Crippen molar-refractivity contribution in [1.29, 1.82) is 5.26 Å². The molecule has 1 aromatic heterocycles. The van der Waals surface area contributed by atoms with Gasteiger partial charge < -0.3 is 10.6 Å². The van der Waals surface area contributed by atoms with Crippen molar-refractivity contribution in [2.24, 2.45) is 0 Å². The molecule has 6 heteroatoms. The maximum Gasteiger partial charge on any atom is 0.127 e. The van der Waals surface area contributed by atoms with Gasteiger partial charge in [-0.15, -0.1) is 24.8 Å². The molecule has 0 radical (unpaired) electrons. The van der Waals surface area contributed by atoms with Gasteiger partial charge in [0, 0.05) is 12.2 Å². The highest BCUT2D eigenvalue weighted by Gasteiger charge is 2.12. The fourth-order valence-electron chi connectivity index (χ4n) is 1.75. The van der Waals surface area contributed by atoms with Crippen LogP contribution in [0.1, 0.15) is 18.4 Å². The summed E-state index contributed by atoms with van der Waals surface area (Å²) in [5.41, 5.74) is 0.654. The van der Waals surface area contributed by atoms with E-state index in [1.54, 1.807) is 18.3 Å². The fourth-order valence-corrected chi connectivity index (χ4v) is 1.75. The number of piperidine rings is 1. The van der Waals surface area contributed by atoms with Crippen molar-refractivity contribution in [3.8, 4) is 6.07 Å². The van der Waals surface area contributed by atoms with Gasteiger partial charge in [-0.2, -0.15) is 5.26 Å². The summed E-state index contributed by atoms with van der Waals surface area (Å²) in [5.74, 6) is 0.806. The largest absolute Gasteiger partial charge is 0.367 e. The first-order chi connectivity index (χ1) is 7.38. The van der Waals surface area contributed by atoms with E-state index in [1.165, 1.54) is 0 Å². The summed E-state index contributed by atoms with van der Waals surface area (Å²) < 4.78 is 0. The highest BCUT2D eigenvalue weighted by molar-refractivity contribution is 5.85. The lowest BCUT2D eigenvalue weighted by atomic mass is 10.1. The van der Waals surface area contributed by atoms with Gasteiger partial charge >= 0.3 is 0 Å². The third kappa shape index (κ3) is 4.78. The summed E-state index contributed by atoms with van der Waals surface area (Å²) in [5, 5.41) is 15.4. The van der Waals surface area contributed by atoms with Gasteiger partial charge in [-0.1, -0.05) is 0 Å². The number of hydrogen-bond acceptors (Lipinski definition) is 4. The first-order valence-corrected chi connectivity index (χ1v) is 5.22. The van der Waals surface area contributed by atoms with E-state index in [4.69, 9.17) is 5.26 Å². The van der Waals surface area contributed by atoms with Crippen LogP contribution in [0.4, 0.5) is 5.82 Å². The Kier molecular flexibility index (Phi) is 7.64. The Morgan fingerprint density at radius 2 is 2.06 bits per heavy atom. The molecule has 0 spiro atoms. The first kappa shape index (κ1) is 16.0. The van der Waals surface area contributed by atoms with E-state index in [9.17, 15) is 0 Å². The molecule has 4 nitrogen and oxygen atoms in total. The van der Waals surface area contributed by atoms with Crippen molar-refractivity contribution in [2.45, 2.75) is 18.9 Å². The summed E-state index contributed by atoms with van der Waals surface area (Å²) in [6, 6.07) is 6.10. The molecule has 1 aromatic rings. The van der Waals surface area contributed by atoms with Gasteiger partial charge in [0.25, 0.3) is 0 Å². The van der Waals surface area contributed by atoms with Gasteiger partial charge in [0.1, 0.15) is 5.82 Å². The molecule has 0 saturated carbocycles. The molecule has 2 heterocycles. The standard InChI is InChI=1S/C11H14N4.2ClH/c12-8-9-1-6-14-11(7-9)15-10-2-4-13-5-3-10;;/h1,6-7,10,13H,2-5H2,(H,14,15);2*1H. The predicted molar refractivity (Wildman–Crippen MR) is 73.0 cm³/mol. The van der Waals surface area contributed by atoms with Gasteiger partial charge in [-0.25, -0.2) is 4.98 Å². The lowest BCUT2D eigenvalue weighted by molar-refractivity contribution is 0.478. The third-order valence-corrected chi connectivity index (χ3v) is 2.58. The summed E-state index contributed by atoms with van der Waals surface area (Å²) in [7, 11) is 0. The number of pyridine rings is 1. The van der Waals surface area contributed by atoms with Gasteiger partial charge in [-0.05, 0) is 38.1 Å². The average molecular weight is 275 g/mol. The molecule has 0 aliphatic carbocycles. The zero-order valence-electron chi connectivity index (χ0n) is 9.35. The van der Waals surface area contributed by atoms with Crippen molar-refractivity contribution in [1.82, 2.24) is 10.3 Å². The summed E-state index contributed by atoms with van der Waals surface area (Å²) in [4.78, 5) is 4.20. The van der Waals surface area contributed by atoms with Crippen LogP contribution in [-0.2, 0) is 0 Å². The number of rotatable bonds is 2. The van der Waals surface area contributed by atoms with E-state index in [-0.39, 0.29) is 24.8 Å². The number of nitriles is 1. The molecule has 1 aliphatic heterocycles. The average Bonchev–Trinajstić information content (AvgIpc) is 2.31. The van der Waals surface area contributed by atoms with Crippen LogP contribution >= 0.6 is 24.8 Å². The SMILES string of the molecule is Cl.Cl.N#Cc1ccnc(NC2CCNCC2)c1. The van der Waals surface area contributed by atoms with Crippen LogP contribution in [0, 0.1) is 11.3 Å². The molecular weight excluding hydrogens is 259 g/mol. The van der Waals surface area contributed by atoms with Crippen molar-refractivity contribution in [3.63, 3.8) is 0 Å². The van der Waals surface area contributed by atoms with Gasteiger partial charge in [0.2, 0.25) is 0 Å². The van der Waals surface area contributed by atoms with Gasteiger partial charge in [0.15, 0.2) is 0 Å². The smallest absolute Gasteiger partial charge is 0.127 e. The zero-order valence-corrected chi connectivity index (χ0v) is 11.0. The summed E-state index contributed by atoms with van der Waals surface area (Å²) in [6.45, 7) is 2.10. The lowest BCUT2D eigenvalue weighted by Crippen LogP contribution is -2.35. The number of nitrogens with one attached hydrogen (secondary N) is 2. The van der Waals surface area contributed by atoms with E-state index in [0.29, 0.717) is 11.6 Å². The van der Waals surface area contributed by atoms with E-state index in [1.807, 2.05) is 0 Å². The van der Waals surface area contributed by atoms with Gasteiger partial charge in [0.05, 0.1) is 11.6 Å². The Balaban J connectivity index is 0.00000128. The fraction of sp³-hybridized carbons (Fsp3) is 0.455. The number of aromatic nitrogens is 1. The van der Waals surface area contributed by atoms with Crippen molar-refractivity contribution < 1.29 is 0 Å². The first-order valence-electron chi connectivity index (χ1n) is 5.22. The highest BCUT2D eigenvalue weighted by Crippen LogP contribution is 2.11. The van der Waals surface area contributed by atoms with E-state index < -0.39 is 0 Å². The molecule has 94 valence electrons. The predicted octanol–water partition coefficient (Wildman–Crippen LogP) is 1.96. The maximum absolute atomic E-state index is 8.75. The Morgan fingerprint density at radius 1 is 1.35 bits per heavy atom. The lowest BCUT2D eigenvalue weighted by Gasteiger charge is -2.24. The minimum absolute atomic E-state index is 0. The number of halogens is 2. The molecule has 1 aliphatic rings. The molecular formula is C11H16Cl2N4. The van der Waals surface area contributed by atoms with Crippen LogP contribution in [0.3, 0.4) is 0 Å². The molecule has 1 saturated heterocycles. The van der Waals surface area contributed by atoms with Crippen molar-refractivity contribution >= 4 is 30.6 Å². The Labute approximate surface area is 114 Å². The van der Waals surface area contributed by atoms with Crippen molar-refractivity contribution in [3.05, 3.63) is 23.9 Å². The van der Waals surface area contributed by atoms with Crippen LogP contribution in [0.25, 0.3) is 0 Å². The normalized spacial score (nSPS) is 15.0. The maximum atomic E-state index is 8.75. The topological polar surface area (TPSA) is 60.7 Å². The Morgan fingerprint density at radius 3 is 2.71 bits per heavy atom. The second-order valence-corrected chi connectivity index (χ2v) is 3.71. The van der Waals surface area contributed by atoms with Crippen LogP contribution in [0.15, 0.2) is 18.3 Å². The third-order valence-electron chi connectivity index (χ3n) is 2.58. The molecule has 0 atom stereocenters. The highest BCUT2D eigenvalue weighted by atomic mass is 35.5. The minimum atomic E-state index is 0. The molecule has 1 fully saturated rings. The second kappa shape index (κ2) is 8.13. The number of anilines is 1. The molecule has 0 bridgehead atoms. The van der Waals surface area contributed by atoms with Crippen LogP contribution in [0.5, 0.6) is 0 Å². The van der Waals surface area contributed by atoms with Gasteiger partial charge in [-0.3, -0.25) is 0 Å². The minimum Gasteiger partial charge on any atom is -0.367 e. The van der Waals surface area contributed by atoms with E-state index >= 15 is 0 Å². The van der Waals surface area contributed by atoms with Crippen LogP contribution < -0.4 is 10.6 Å². The van der Waals surface area contributed by atoms with Crippen LogP contribution in [-0.4, -0.2) is 24.1 Å². The Hall–Kier alpha value is -1.02. The second-order valence-electron chi connectivity index (χ2n) is 3.71. The molecule has 17 heavy (non-hydrogen) atoms. The molecule has 2 rings (SSSR count). The summed E-state index contributed by atoms with van der Waals surface area (Å²) in [6.07, 6.45) is 3.89. The molecule has 0 aromatic carbocycles. The number of nitrogens with zero attached hydrogens (tertiary/aromatic N) is 2. The molecule has 0 amide bonds. The number of hydrogen-bond donors (Lipinski definition) is 2. The quantitative estimate of drug-likeness (QED) is 0.866. The van der Waals surface area contributed by atoms with E-state index in [0.717, 1.165) is 31.7 Å². The monoisotopic (exact) mass is 274 g/mol. The van der Waals surface area contributed by atoms with Crippen molar-refractivity contribution in [2.75, 3.05) is 18.4 Å². The summed E-state index contributed by atoms with van der Waals surface area (Å²) >= 11 is 0. The molecule has 0 unspecified atom stereocenters. The van der Waals surface area contributed by atoms with E-state index in [2.05, 4.69) is 21.7 Å².